The molecule has 0 saturated carbocycles. The Morgan fingerprint density at radius 1 is 1.12 bits per heavy atom. The van der Waals surface area contributed by atoms with Crippen LogP contribution >= 0.6 is 0 Å². The van der Waals surface area contributed by atoms with E-state index in [4.69, 9.17) is 0 Å². The zero-order chi connectivity index (χ0) is 18.1. The molecule has 8 heteroatoms. The minimum atomic E-state index is -0.752. The second-order valence-electron chi connectivity index (χ2n) is 5.68. The maximum atomic E-state index is 13.6. The summed E-state index contributed by atoms with van der Waals surface area (Å²) in [5.74, 6) is -1.55. The topological polar surface area (TPSA) is 75.6 Å². The van der Waals surface area contributed by atoms with E-state index in [1.807, 2.05) is 24.3 Å². The summed E-state index contributed by atoms with van der Waals surface area (Å²) in [5.41, 5.74) is 1.78. The molecule has 2 N–H and O–H groups in total. The first-order valence-electron chi connectivity index (χ1n) is 7.83. The summed E-state index contributed by atoms with van der Waals surface area (Å²) in [6, 6.07) is 11.0. The Kier molecular flexibility index (Phi) is 3.92. The van der Waals surface area contributed by atoms with Crippen LogP contribution in [0.2, 0.25) is 0 Å². The van der Waals surface area contributed by atoms with E-state index in [-0.39, 0.29) is 5.56 Å². The van der Waals surface area contributed by atoms with Crippen molar-refractivity contribution in [2.75, 3.05) is 5.32 Å². The summed E-state index contributed by atoms with van der Waals surface area (Å²) in [7, 11) is 0. The Morgan fingerprint density at radius 2 is 1.88 bits per heavy atom. The Labute approximate surface area is 146 Å². The Balaban J connectivity index is 1.50. The van der Waals surface area contributed by atoms with E-state index in [1.54, 1.807) is 6.20 Å². The predicted molar refractivity (Wildman–Crippen MR) is 91.9 cm³/mol. The molecule has 1 amide bonds. The lowest BCUT2D eigenvalue weighted by Crippen LogP contribution is -2.16. The van der Waals surface area contributed by atoms with Gasteiger partial charge in [0.1, 0.15) is 11.6 Å². The van der Waals surface area contributed by atoms with Crippen LogP contribution in [0, 0.1) is 11.6 Å². The number of hydrogen-bond acceptors (Lipinski definition) is 3. The molecule has 26 heavy (non-hydrogen) atoms. The number of nitrogens with zero attached hydrogens (tertiary/aromatic N) is 3. The van der Waals surface area contributed by atoms with Gasteiger partial charge in [-0.25, -0.2) is 18.4 Å². The molecule has 2 heterocycles. The number of aromatic amines is 1. The molecule has 0 saturated heterocycles. The van der Waals surface area contributed by atoms with E-state index >= 15 is 0 Å². The van der Waals surface area contributed by atoms with Crippen LogP contribution in [-0.2, 0) is 11.2 Å². The summed E-state index contributed by atoms with van der Waals surface area (Å²) in [6.45, 7) is 0. The van der Waals surface area contributed by atoms with Gasteiger partial charge in [0.2, 0.25) is 11.9 Å². The normalized spacial score (nSPS) is 11.0. The van der Waals surface area contributed by atoms with Crippen LogP contribution < -0.4 is 5.32 Å². The average Bonchev–Trinajstić information content (AvgIpc) is 3.24. The zero-order valence-corrected chi connectivity index (χ0v) is 13.4. The largest absolute Gasteiger partial charge is 0.323 e. The average molecular weight is 353 g/mol. The second-order valence-corrected chi connectivity index (χ2v) is 5.68. The van der Waals surface area contributed by atoms with Crippen LogP contribution in [0.5, 0.6) is 0 Å². The summed E-state index contributed by atoms with van der Waals surface area (Å²) < 4.78 is 28.7. The molecule has 2 aromatic heterocycles. The Morgan fingerprint density at radius 3 is 2.65 bits per heavy atom. The molecule has 4 aromatic rings. The molecule has 0 radical (unpaired) electrons. The molecular formula is C18H13F2N5O. The van der Waals surface area contributed by atoms with Gasteiger partial charge in [-0.15, -0.1) is 0 Å². The van der Waals surface area contributed by atoms with Gasteiger partial charge in [0, 0.05) is 5.56 Å². The maximum Gasteiger partial charge on any atom is 0.229 e. The van der Waals surface area contributed by atoms with Crippen molar-refractivity contribution < 1.29 is 13.6 Å². The minimum Gasteiger partial charge on any atom is -0.323 e. The lowest BCUT2D eigenvalue weighted by Gasteiger charge is -2.05. The third-order valence-corrected chi connectivity index (χ3v) is 3.86. The molecule has 0 unspecified atom stereocenters. The lowest BCUT2D eigenvalue weighted by molar-refractivity contribution is -0.115. The molecule has 130 valence electrons. The first kappa shape index (κ1) is 15.9. The fourth-order valence-corrected chi connectivity index (χ4v) is 2.62. The van der Waals surface area contributed by atoms with Gasteiger partial charge in [-0.3, -0.25) is 4.79 Å². The zero-order valence-electron chi connectivity index (χ0n) is 13.4. The number of rotatable bonds is 4. The molecule has 0 atom stereocenters. The second kappa shape index (κ2) is 6.40. The van der Waals surface area contributed by atoms with Gasteiger partial charge in [0.15, 0.2) is 0 Å². The van der Waals surface area contributed by atoms with E-state index in [9.17, 15) is 13.6 Å². The van der Waals surface area contributed by atoms with Crippen LogP contribution in [0.3, 0.4) is 0 Å². The molecule has 0 fully saturated rings. The van der Waals surface area contributed by atoms with E-state index in [0.29, 0.717) is 11.6 Å². The highest BCUT2D eigenvalue weighted by molar-refractivity contribution is 5.92. The number of nitrogens with one attached hydrogen (secondary N) is 2. The summed E-state index contributed by atoms with van der Waals surface area (Å²) in [4.78, 5) is 19.6. The van der Waals surface area contributed by atoms with Crippen LogP contribution in [-0.4, -0.2) is 25.7 Å². The summed E-state index contributed by atoms with van der Waals surface area (Å²) in [5, 5.41) is 6.71. The Hall–Kier alpha value is -3.55. The number of hydrogen-bond donors (Lipinski definition) is 2. The Bertz CT molecular complexity index is 1050. The molecule has 4 rings (SSSR count). The van der Waals surface area contributed by atoms with Crippen LogP contribution in [0.25, 0.3) is 17.0 Å². The standard InChI is InChI=1S/C18H13F2N5O/c19-13-4-3-5-14(20)12(13)8-17(26)22-11-9-21-25(10-11)18-23-15-6-1-2-7-16(15)24-18/h1-7,9-10H,8H2,(H,22,26)(H,23,24). The summed E-state index contributed by atoms with van der Waals surface area (Å²) in [6.07, 6.45) is 2.59. The van der Waals surface area contributed by atoms with Gasteiger partial charge in [0.05, 0.1) is 35.5 Å². The molecule has 0 aliphatic carbocycles. The molecule has 0 bridgehead atoms. The van der Waals surface area contributed by atoms with E-state index in [2.05, 4.69) is 20.4 Å². The molecule has 0 aliphatic heterocycles. The number of fused-ring (bicyclic) bond motifs is 1. The predicted octanol–water partition coefficient (Wildman–Crippen LogP) is 3.21. The van der Waals surface area contributed by atoms with Crippen molar-refractivity contribution in [3.63, 3.8) is 0 Å². The van der Waals surface area contributed by atoms with Gasteiger partial charge in [0.25, 0.3) is 0 Å². The van der Waals surface area contributed by atoms with Crippen molar-refractivity contribution in [2.24, 2.45) is 0 Å². The molecular weight excluding hydrogens is 340 g/mol. The number of para-hydroxylation sites is 2. The molecule has 6 nitrogen and oxygen atoms in total. The molecule has 0 spiro atoms. The van der Waals surface area contributed by atoms with Crippen molar-refractivity contribution in [3.05, 3.63) is 72.1 Å². The first-order chi connectivity index (χ1) is 12.6. The van der Waals surface area contributed by atoms with Crippen LogP contribution in [0.15, 0.2) is 54.9 Å². The monoisotopic (exact) mass is 353 g/mol. The number of imidazole rings is 1. The fourth-order valence-electron chi connectivity index (χ4n) is 2.62. The third-order valence-electron chi connectivity index (χ3n) is 3.86. The van der Waals surface area contributed by atoms with Crippen molar-refractivity contribution in [3.8, 4) is 5.95 Å². The van der Waals surface area contributed by atoms with Gasteiger partial charge in [-0.2, -0.15) is 5.10 Å². The number of aromatic nitrogens is 4. The number of carbonyl (C=O) groups is 1. The maximum absolute atomic E-state index is 13.6. The minimum absolute atomic E-state index is 0.269. The van der Waals surface area contributed by atoms with Crippen LogP contribution in [0.1, 0.15) is 5.56 Å². The van der Waals surface area contributed by atoms with E-state index in [0.717, 1.165) is 23.2 Å². The highest BCUT2D eigenvalue weighted by Gasteiger charge is 2.14. The highest BCUT2D eigenvalue weighted by Crippen LogP contribution is 2.16. The lowest BCUT2D eigenvalue weighted by atomic mass is 10.1. The van der Waals surface area contributed by atoms with E-state index < -0.39 is 24.0 Å². The van der Waals surface area contributed by atoms with E-state index in [1.165, 1.54) is 16.9 Å². The first-order valence-corrected chi connectivity index (χ1v) is 7.83. The number of benzene rings is 2. The van der Waals surface area contributed by atoms with Gasteiger partial charge >= 0.3 is 0 Å². The van der Waals surface area contributed by atoms with Crippen LogP contribution in [0.4, 0.5) is 14.5 Å². The molecule has 0 aliphatic rings. The van der Waals surface area contributed by atoms with Crippen molar-refractivity contribution in [1.29, 1.82) is 0 Å². The highest BCUT2D eigenvalue weighted by atomic mass is 19.1. The van der Waals surface area contributed by atoms with Crippen molar-refractivity contribution >= 4 is 22.6 Å². The van der Waals surface area contributed by atoms with Crippen molar-refractivity contribution in [1.82, 2.24) is 19.7 Å². The summed E-state index contributed by atoms with van der Waals surface area (Å²) >= 11 is 0. The number of halogens is 2. The van der Waals surface area contributed by atoms with Crippen molar-refractivity contribution in [2.45, 2.75) is 6.42 Å². The SMILES string of the molecule is O=C(Cc1c(F)cccc1F)Nc1cnn(-c2nc3ccccc3[nH]2)c1. The fraction of sp³-hybridized carbons (Fsp3) is 0.0556. The van der Waals surface area contributed by atoms with Gasteiger partial charge in [-0.1, -0.05) is 18.2 Å². The number of carbonyl (C=O) groups excluding carboxylic acids is 1. The van der Waals surface area contributed by atoms with Gasteiger partial charge in [-0.05, 0) is 24.3 Å². The quantitative estimate of drug-likeness (QED) is 0.592. The molecule has 2 aromatic carbocycles. The number of H-pyrrole nitrogens is 1. The smallest absolute Gasteiger partial charge is 0.229 e. The number of amides is 1. The number of anilines is 1. The van der Waals surface area contributed by atoms with Gasteiger partial charge < -0.3 is 10.3 Å². The third kappa shape index (κ3) is 3.04.